The van der Waals surface area contributed by atoms with Crippen LogP contribution in [-0.4, -0.2) is 22.4 Å². The lowest BCUT2D eigenvalue weighted by Crippen LogP contribution is -2.16. The zero-order chi connectivity index (χ0) is 12.0. The Kier molecular flexibility index (Phi) is 4.98. The minimum absolute atomic E-state index is 0.200. The van der Waals surface area contributed by atoms with Crippen molar-refractivity contribution in [1.82, 2.24) is 9.78 Å². The number of carbonyl (C=O) groups is 1. The average Bonchev–Trinajstić information content (AvgIpc) is 2.67. The molecule has 1 aromatic heterocycles. The fraction of sp³-hybridized carbons (Fsp3) is 0.636. The van der Waals surface area contributed by atoms with E-state index in [4.69, 9.17) is 10.5 Å². The molecule has 5 nitrogen and oxygen atoms in total. The van der Waals surface area contributed by atoms with Gasteiger partial charge in [0, 0.05) is 24.3 Å². The molecule has 0 spiro atoms. The third-order valence-corrected chi connectivity index (χ3v) is 2.23. The van der Waals surface area contributed by atoms with Gasteiger partial charge < -0.3 is 10.5 Å². The first-order valence-corrected chi connectivity index (χ1v) is 5.60. The van der Waals surface area contributed by atoms with Gasteiger partial charge in [-0.1, -0.05) is 6.92 Å². The highest BCUT2D eigenvalue weighted by molar-refractivity contribution is 5.70. The van der Waals surface area contributed by atoms with Gasteiger partial charge >= 0.3 is 5.97 Å². The Morgan fingerprint density at radius 3 is 3.00 bits per heavy atom. The predicted octanol–water partition coefficient (Wildman–Crippen LogP) is 1.25. The maximum atomic E-state index is 11.2. The van der Waals surface area contributed by atoms with Crippen LogP contribution in [0.3, 0.4) is 0 Å². The minimum atomic E-state index is -0.329. The number of rotatable bonds is 6. The van der Waals surface area contributed by atoms with Crippen LogP contribution in [0, 0.1) is 0 Å². The molecule has 1 atom stereocenters. The summed E-state index contributed by atoms with van der Waals surface area (Å²) in [7, 11) is 0. The Bertz CT molecular complexity index is 336. The molecule has 16 heavy (non-hydrogen) atoms. The molecule has 1 aromatic rings. The molecule has 0 amide bonds. The smallest absolute Gasteiger partial charge is 0.307 e. The molecule has 0 aliphatic heterocycles. The maximum absolute atomic E-state index is 11.2. The Hall–Kier alpha value is -1.36. The van der Waals surface area contributed by atoms with Crippen LogP contribution in [-0.2, 0) is 16.1 Å². The van der Waals surface area contributed by atoms with Crippen molar-refractivity contribution < 1.29 is 9.53 Å². The third kappa shape index (κ3) is 3.66. The van der Waals surface area contributed by atoms with Gasteiger partial charge in [-0.05, 0) is 13.3 Å². The second-order valence-corrected chi connectivity index (χ2v) is 3.65. The van der Waals surface area contributed by atoms with Crippen molar-refractivity contribution in [1.29, 1.82) is 0 Å². The number of aromatic nitrogens is 2. The highest BCUT2D eigenvalue weighted by Crippen LogP contribution is 2.13. The van der Waals surface area contributed by atoms with Crippen molar-refractivity contribution >= 4 is 5.97 Å². The number of carbonyl (C=O) groups excluding carboxylic acids is 1. The lowest BCUT2D eigenvalue weighted by molar-refractivity contribution is -0.143. The van der Waals surface area contributed by atoms with Crippen LogP contribution in [0.25, 0.3) is 0 Å². The standard InChI is InChI=1S/C11H19N3O2/c1-3-5-14-8-9(7-13-14)10(12)6-11(15)16-4-2/h7-8,10H,3-6,12H2,1-2H3/t10-/m1/s1. The van der Waals surface area contributed by atoms with Crippen molar-refractivity contribution in [2.45, 2.75) is 39.3 Å². The van der Waals surface area contributed by atoms with E-state index in [9.17, 15) is 4.79 Å². The van der Waals surface area contributed by atoms with Gasteiger partial charge in [-0.15, -0.1) is 0 Å². The first-order chi connectivity index (χ1) is 7.67. The summed E-state index contributed by atoms with van der Waals surface area (Å²) in [5, 5.41) is 4.16. The molecular weight excluding hydrogens is 206 g/mol. The van der Waals surface area contributed by atoms with E-state index in [1.165, 1.54) is 0 Å². The zero-order valence-corrected chi connectivity index (χ0v) is 9.85. The van der Waals surface area contributed by atoms with E-state index in [1.54, 1.807) is 13.1 Å². The summed E-state index contributed by atoms with van der Waals surface area (Å²) in [6.45, 7) is 5.12. The first-order valence-electron chi connectivity index (χ1n) is 5.60. The molecular formula is C11H19N3O2. The van der Waals surface area contributed by atoms with Gasteiger partial charge in [-0.25, -0.2) is 0 Å². The second kappa shape index (κ2) is 6.27. The van der Waals surface area contributed by atoms with Crippen LogP contribution in [0.4, 0.5) is 0 Å². The number of hydrogen-bond acceptors (Lipinski definition) is 4. The lowest BCUT2D eigenvalue weighted by Gasteiger charge is -2.08. The molecule has 0 aliphatic rings. The lowest BCUT2D eigenvalue weighted by atomic mass is 10.1. The number of ether oxygens (including phenoxy) is 1. The van der Waals surface area contributed by atoms with Crippen LogP contribution >= 0.6 is 0 Å². The molecule has 0 aliphatic carbocycles. The topological polar surface area (TPSA) is 70.1 Å². The van der Waals surface area contributed by atoms with Crippen LogP contribution in [0.5, 0.6) is 0 Å². The highest BCUT2D eigenvalue weighted by atomic mass is 16.5. The van der Waals surface area contributed by atoms with Crippen LogP contribution in [0.15, 0.2) is 12.4 Å². The highest BCUT2D eigenvalue weighted by Gasteiger charge is 2.13. The second-order valence-electron chi connectivity index (χ2n) is 3.65. The van der Waals surface area contributed by atoms with E-state index in [0.717, 1.165) is 18.5 Å². The summed E-state index contributed by atoms with van der Waals surface area (Å²) < 4.78 is 6.68. The van der Waals surface area contributed by atoms with Crippen LogP contribution in [0.2, 0.25) is 0 Å². The monoisotopic (exact) mass is 225 g/mol. The zero-order valence-electron chi connectivity index (χ0n) is 9.85. The van der Waals surface area contributed by atoms with Crippen molar-refractivity contribution in [3.8, 4) is 0 Å². The van der Waals surface area contributed by atoms with E-state index >= 15 is 0 Å². The molecule has 1 rings (SSSR count). The molecule has 0 radical (unpaired) electrons. The average molecular weight is 225 g/mol. The molecule has 1 heterocycles. The number of nitrogens with two attached hydrogens (primary N) is 1. The third-order valence-electron chi connectivity index (χ3n) is 2.23. The summed E-state index contributed by atoms with van der Waals surface area (Å²) >= 11 is 0. The summed E-state index contributed by atoms with van der Waals surface area (Å²) in [4.78, 5) is 11.2. The van der Waals surface area contributed by atoms with Gasteiger partial charge in [0.1, 0.15) is 0 Å². The summed E-state index contributed by atoms with van der Waals surface area (Å²) in [5.74, 6) is -0.266. The van der Waals surface area contributed by atoms with E-state index in [0.29, 0.717) is 6.61 Å². The van der Waals surface area contributed by atoms with Gasteiger partial charge in [0.2, 0.25) is 0 Å². The van der Waals surface area contributed by atoms with E-state index < -0.39 is 0 Å². The predicted molar refractivity (Wildman–Crippen MR) is 60.7 cm³/mol. The molecule has 0 saturated carbocycles. The number of aryl methyl sites for hydroxylation is 1. The van der Waals surface area contributed by atoms with E-state index in [-0.39, 0.29) is 18.4 Å². The molecule has 0 bridgehead atoms. The SMILES string of the molecule is CCCn1cc([C@H](N)CC(=O)OCC)cn1. The van der Waals surface area contributed by atoms with Gasteiger partial charge in [0.05, 0.1) is 19.2 Å². The van der Waals surface area contributed by atoms with Crippen LogP contribution in [0.1, 0.15) is 38.3 Å². The first kappa shape index (κ1) is 12.7. The van der Waals surface area contributed by atoms with Gasteiger partial charge in [-0.2, -0.15) is 5.10 Å². The van der Waals surface area contributed by atoms with Crippen molar-refractivity contribution in [3.05, 3.63) is 18.0 Å². The quantitative estimate of drug-likeness (QED) is 0.740. The Labute approximate surface area is 95.6 Å². The summed E-state index contributed by atoms with van der Waals surface area (Å²) in [6.07, 6.45) is 4.81. The van der Waals surface area contributed by atoms with Crippen molar-refractivity contribution in [2.75, 3.05) is 6.61 Å². The number of nitrogens with zero attached hydrogens (tertiary/aromatic N) is 2. The largest absolute Gasteiger partial charge is 0.466 e. The normalized spacial score (nSPS) is 12.4. The molecule has 0 saturated heterocycles. The molecule has 0 aromatic carbocycles. The van der Waals surface area contributed by atoms with Gasteiger partial charge in [0.25, 0.3) is 0 Å². The van der Waals surface area contributed by atoms with Gasteiger partial charge in [-0.3, -0.25) is 9.48 Å². The maximum Gasteiger partial charge on any atom is 0.307 e. The number of hydrogen-bond donors (Lipinski definition) is 1. The van der Waals surface area contributed by atoms with Crippen molar-refractivity contribution in [3.63, 3.8) is 0 Å². The molecule has 90 valence electrons. The minimum Gasteiger partial charge on any atom is -0.466 e. The van der Waals surface area contributed by atoms with E-state index in [1.807, 2.05) is 10.9 Å². The Morgan fingerprint density at radius 1 is 1.62 bits per heavy atom. The number of esters is 1. The Morgan fingerprint density at radius 2 is 2.38 bits per heavy atom. The van der Waals surface area contributed by atoms with Crippen molar-refractivity contribution in [2.24, 2.45) is 5.73 Å². The molecule has 2 N–H and O–H groups in total. The molecule has 5 heteroatoms. The van der Waals surface area contributed by atoms with Gasteiger partial charge in [0.15, 0.2) is 0 Å². The summed E-state index contributed by atoms with van der Waals surface area (Å²) in [6, 6.07) is -0.329. The fourth-order valence-corrected chi connectivity index (χ4v) is 1.44. The molecule has 0 fully saturated rings. The van der Waals surface area contributed by atoms with E-state index in [2.05, 4.69) is 12.0 Å². The summed E-state index contributed by atoms with van der Waals surface area (Å²) in [5.41, 5.74) is 6.76. The van der Waals surface area contributed by atoms with Crippen LogP contribution < -0.4 is 5.73 Å². The molecule has 0 unspecified atom stereocenters. The Balaban J connectivity index is 2.51. The fourth-order valence-electron chi connectivity index (χ4n) is 1.44.